The summed E-state index contributed by atoms with van der Waals surface area (Å²) in [5.74, 6) is 0.451. The van der Waals surface area contributed by atoms with Gasteiger partial charge in [-0.15, -0.1) is 0 Å². The van der Waals surface area contributed by atoms with Crippen LogP contribution in [0.5, 0.6) is 5.75 Å². The lowest BCUT2D eigenvalue weighted by Crippen LogP contribution is -2.32. The highest BCUT2D eigenvalue weighted by molar-refractivity contribution is 6.35. The minimum atomic E-state index is -0.363. The van der Waals surface area contributed by atoms with Crippen LogP contribution in [0, 0.1) is 0 Å². The highest BCUT2D eigenvalue weighted by atomic mass is 35.5. The summed E-state index contributed by atoms with van der Waals surface area (Å²) in [7, 11) is 1.62. The van der Waals surface area contributed by atoms with E-state index in [1.807, 2.05) is 0 Å². The zero-order chi connectivity index (χ0) is 18.7. The molecule has 0 unspecified atom stereocenters. The van der Waals surface area contributed by atoms with Crippen molar-refractivity contribution in [3.05, 3.63) is 68.7 Å². The van der Waals surface area contributed by atoms with Crippen molar-refractivity contribution in [3.8, 4) is 5.75 Å². The molecule has 1 aromatic heterocycles. The van der Waals surface area contributed by atoms with E-state index in [2.05, 4.69) is 10.3 Å². The molecule has 0 fully saturated rings. The van der Waals surface area contributed by atoms with Crippen LogP contribution in [0.25, 0.3) is 10.9 Å². The predicted molar refractivity (Wildman–Crippen MR) is 101 cm³/mol. The Bertz CT molecular complexity index is 1030. The first kappa shape index (κ1) is 18.2. The number of nitrogens with one attached hydrogen (secondary N) is 1. The van der Waals surface area contributed by atoms with Crippen molar-refractivity contribution in [1.29, 1.82) is 0 Å². The largest absolute Gasteiger partial charge is 0.482 e. The van der Waals surface area contributed by atoms with Crippen LogP contribution >= 0.6 is 23.2 Å². The molecule has 0 radical (unpaired) electrons. The van der Waals surface area contributed by atoms with Crippen LogP contribution < -0.4 is 15.6 Å². The number of hydrogen-bond donors (Lipinski definition) is 1. The number of rotatable bonds is 5. The number of carbonyl (C=O) groups is 1. The Balaban J connectivity index is 1.65. The zero-order valence-corrected chi connectivity index (χ0v) is 15.3. The molecule has 1 amide bonds. The van der Waals surface area contributed by atoms with Crippen molar-refractivity contribution < 1.29 is 9.53 Å². The molecule has 2 aromatic carbocycles. The molecule has 26 heavy (non-hydrogen) atoms. The summed E-state index contributed by atoms with van der Waals surface area (Å²) in [4.78, 5) is 28.8. The minimum absolute atomic E-state index is 0.104. The van der Waals surface area contributed by atoms with E-state index in [0.29, 0.717) is 32.5 Å². The number of carbonyl (C=O) groups excluding carboxylic acids is 1. The lowest BCUT2D eigenvalue weighted by atomic mass is 10.2. The van der Waals surface area contributed by atoms with Crippen molar-refractivity contribution in [2.75, 3.05) is 6.61 Å². The van der Waals surface area contributed by atoms with Gasteiger partial charge >= 0.3 is 0 Å². The molecule has 6 nitrogen and oxygen atoms in total. The summed E-state index contributed by atoms with van der Waals surface area (Å²) in [5, 5.41) is 4.02. The Kier molecular flexibility index (Phi) is 5.44. The van der Waals surface area contributed by atoms with Crippen LogP contribution in [0.1, 0.15) is 5.82 Å². The number of para-hydroxylation sites is 1. The summed E-state index contributed by atoms with van der Waals surface area (Å²) >= 11 is 11.8. The lowest BCUT2D eigenvalue weighted by molar-refractivity contribution is -0.123. The SMILES string of the molecule is Cn1c(CNC(=O)COc2ccc(Cl)cc2Cl)nc2ccccc2c1=O. The number of nitrogens with zero attached hydrogens (tertiary/aromatic N) is 2. The number of hydrogen-bond acceptors (Lipinski definition) is 4. The number of fused-ring (bicyclic) bond motifs is 1. The van der Waals surface area contributed by atoms with Gasteiger partial charge in [-0.05, 0) is 30.3 Å². The Labute approximate surface area is 159 Å². The minimum Gasteiger partial charge on any atom is -0.482 e. The molecule has 0 atom stereocenters. The van der Waals surface area contributed by atoms with Crippen LogP contribution in [0.15, 0.2) is 47.3 Å². The number of halogens is 2. The second kappa shape index (κ2) is 7.76. The average Bonchev–Trinajstić information content (AvgIpc) is 2.63. The van der Waals surface area contributed by atoms with E-state index in [-0.39, 0.29) is 24.6 Å². The van der Waals surface area contributed by atoms with E-state index in [0.717, 1.165) is 0 Å². The third-order valence-corrected chi connectivity index (χ3v) is 4.30. The highest BCUT2D eigenvalue weighted by Crippen LogP contribution is 2.27. The summed E-state index contributed by atoms with van der Waals surface area (Å²) in [6.07, 6.45) is 0. The average molecular weight is 392 g/mol. The molecule has 1 N–H and O–H groups in total. The molecule has 0 aliphatic carbocycles. The maximum Gasteiger partial charge on any atom is 0.261 e. The third-order valence-electron chi connectivity index (χ3n) is 3.77. The number of ether oxygens (including phenoxy) is 1. The van der Waals surface area contributed by atoms with Gasteiger partial charge in [0.15, 0.2) is 6.61 Å². The molecule has 3 rings (SSSR count). The predicted octanol–water partition coefficient (Wildman–Crippen LogP) is 2.94. The van der Waals surface area contributed by atoms with Gasteiger partial charge in [0.1, 0.15) is 11.6 Å². The molecular formula is C18H15Cl2N3O3. The van der Waals surface area contributed by atoms with Crippen molar-refractivity contribution in [1.82, 2.24) is 14.9 Å². The molecule has 134 valence electrons. The Morgan fingerprint density at radius 2 is 2.00 bits per heavy atom. The molecular weight excluding hydrogens is 377 g/mol. The fourth-order valence-electron chi connectivity index (χ4n) is 2.39. The Hall–Kier alpha value is -2.57. The van der Waals surface area contributed by atoms with E-state index in [9.17, 15) is 9.59 Å². The van der Waals surface area contributed by atoms with Gasteiger partial charge in [-0.25, -0.2) is 4.98 Å². The van der Waals surface area contributed by atoms with E-state index in [1.165, 1.54) is 10.6 Å². The Morgan fingerprint density at radius 1 is 1.23 bits per heavy atom. The van der Waals surface area contributed by atoms with Gasteiger partial charge in [-0.1, -0.05) is 35.3 Å². The maximum absolute atomic E-state index is 12.3. The quantitative estimate of drug-likeness (QED) is 0.725. The van der Waals surface area contributed by atoms with Crippen molar-refractivity contribution in [3.63, 3.8) is 0 Å². The topological polar surface area (TPSA) is 73.2 Å². The molecule has 0 aliphatic rings. The third kappa shape index (κ3) is 3.98. The molecule has 1 heterocycles. The molecule has 0 spiro atoms. The first-order chi connectivity index (χ1) is 12.5. The number of amides is 1. The van der Waals surface area contributed by atoms with Crippen LogP contribution in [0.4, 0.5) is 0 Å². The van der Waals surface area contributed by atoms with Gasteiger partial charge in [0.2, 0.25) is 0 Å². The van der Waals surface area contributed by atoms with Crippen LogP contribution in [0.3, 0.4) is 0 Å². The van der Waals surface area contributed by atoms with E-state index >= 15 is 0 Å². The van der Waals surface area contributed by atoms with Gasteiger partial charge in [0.25, 0.3) is 11.5 Å². The second-order valence-electron chi connectivity index (χ2n) is 5.55. The molecule has 3 aromatic rings. The van der Waals surface area contributed by atoms with Gasteiger partial charge in [-0.3, -0.25) is 14.2 Å². The van der Waals surface area contributed by atoms with E-state index in [4.69, 9.17) is 27.9 Å². The fraction of sp³-hybridized carbons (Fsp3) is 0.167. The van der Waals surface area contributed by atoms with Gasteiger partial charge in [-0.2, -0.15) is 0 Å². The van der Waals surface area contributed by atoms with Crippen LogP contribution in [-0.4, -0.2) is 22.1 Å². The summed E-state index contributed by atoms with van der Waals surface area (Å²) in [6, 6.07) is 11.8. The molecule has 0 bridgehead atoms. The van der Waals surface area contributed by atoms with Gasteiger partial charge < -0.3 is 10.1 Å². The monoisotopic (exact) mass is 391 g/mol. The van der Waals surface area contributed by atoms with Crippen molar-refractivity contribution in [2.24, 2.45) is 7.05 Å². The van der Waals surface area contributed by atoms with Gasteiger partial charge in [0, 0.05) is 12.1 Å². The van der Waals surface area contributed by atoms with E-state index < -0.39 is 0 Å². The number of aromatic nitrogens is 2. The molecule has 0 saturated heterocycles. The van der Waals surface area contributed by atoms with Crippen molar-refractivity contribution >= 4 is 40.0 Å². The fourth-order valence-corrected chi connectivity index (χ4v) is 2.85. The summed E-state index contributed by atoms with van der Waals surface area (Å²) in [6.45, 7) is -0.115. The van der Waals surface area contributed by atoms with E-state index in [1.54, 1.807) is 43.4 Å². The van der Waals surface area contributed by atoms with Crippen LogP contribution in [-0.2, 0) is 18.4 Å². The van der Waals surface area contributed by atoms with Gasteiger partial charge in [0.05, 0.1) is 22.5 Å². The first-order valence-electron chi connectivity index (χ1n) is 7.75. The molecule has 8 heteroatoms. The second-order valence-corrected chi connectivity index (χ2v) is 6.39. The smallest absolute Gasteiger partial charge is 0.261 e. The molecule has 0 saturated carbocycles. The summed E-state index contributed by atoms with van der Waals surface area (Å²) in [5.41, 5.74) is 0.424. The van der Waals surface area contributed by atoms with Crippen LogP contribution in [0.2, 0.25) is 10.0 Å². The Morgan fingerprint density at radius 3 is 2.77 bits per heavy atom. The lowest BCUT2D eigenvalue weighted by Gasteiger charge is -2.11. The highest BCUT2D eigenvalue weighted by Gasteiger charge is 2.10. The number of benzene rings is 2. The normalized spacial score (nSPS) is 10.7. The maximum atomic E-state index is 12.3. The standard InChI is InChI=1S/C18H15Cl2N3O3/c1-23-16(22-14-5-3-2-4-12(14)18(23)25)9-21-17(24)10-26-15-7-6-11(19)8-13(15)20/h2-8H,9-10H2,1H3,(H,21,24). The molecule has 0 aliphatic heterocycles. The zero-order valence-electron chi connectivity index (χ0n) is 13.8. The summed E-state index contributed by atoms with van der Waals surface area (Å²) < 4.78 is 6.79. The first-order valence-corrected chi connectivity index (χ1v) is 8.50. The van der Waals surface area contributed by atoms with Crippen molar-refractivity contribution in [2.45, 2.75) is 6.54 Å².